The first-order valence-corrected chi connectivity index (χ1v) is 11.9. The highest BCUT2D eigenvalue weighted by atomic mass is 79.9. The molecule has 5 rings (SSSR count). The SMILES string of the molecule is CCC1CCC2(CC1)NC(=O)N(CC(=O)N1CCc3[nH]c4c(Br)cccc4c3C1)C2=O. The van der Waals surface area contributed by atoms with Crippen molar-refractivity contribution in [2.75, 3.05) is 13.1 Å². The Balaban J connectivity index is 1.30. The number of urea groups is 1. The van der Waals surface area contributed by atoms with Crippen LogP contribution in [0.3, 0.4) is 0 Å². The number of hydrogen-bond donors (Lipinski definition) is 2. The predicted molar refractivity (Wildman–Crippen MR) is 120 cm³/mol. The van der Waals surface area contributed by atoms with E-state index in [1.807, 2.05) is 12.1 Å². The smallest absolute Gasteiger partial charge is 0.325 e. The zero-order valence-corrected chi connectivity index (χ0v) is 19.3. The molecule has 31 heavy (non-hydrogen) atoms. The van der Waals surface area contributed by atoms with Gasteiger partial charge in [-0.3, -0.25) is 14.5 Å². The van der Waals surface area contributed by atoms with E-state index in [0.29, 0.717) is 31.8 Å². The molecule has 0 atom stereocenters. The molecule has 1 saturated heterocycles. The molecule has 164 valence electrons. The van der Waals surface area contributed by atoms with E-state index in [0.717, 1.165) is 57.2 Å². The quantitative estimate of drug-likeness (QED) is 0.648. The number of rotatable bonds is 3. The second-order valence-corrected chi connectivity index (χ2v) is 9.92. The lowest BCUT2D eigenvalue weighted by molar-refractivity contribution is -0.140. The molecule has 2 fully saturated rings. The number of para-hydroxylation sites is 1. The van der Waals surface area contributed by atoms with Gasteiger partial charge in [0.1, 0.15) is 12.1 Å². The van der Waals surface area contributed by atoms with E-state index in [4.69, 9.17) is 0 Å². The molecule has 3 aliphatic rings. The van der Waals surface area contributed by atoms with E-state index < -0.39 is 11.6 Å². The zero-order valence-electron chi connectivity index (χ0n) is 17.7. The highest BCUT2D eigenvalue weighted by Gasteiger charge is 2.52. The standard InChI is InChI=1S/C23H27BrN4O3/c1-2-14-6-9-23(10-7-14)21(30)28(22(31)26-23)13-19(29)27-11-8-18-16(12-27)15-4-3-5-17(24)20(15)25-18/h3-5,14,25H,2,6-13H2,1H3,(H,26,31). The van der Waals surface area contributed by atoms with Crippen LogP contribution >= 0.6 is 15.9 Å². The van der Waals surface area contributed by atoms with Crippen LogP contribution in [0.5, 0.6) is 0 Å². The van der Waals surface area contributed by atoms with Crippen molar-refractivity contribution in [3.63, 3.8) is 0 Å². The van der Waals surface area contributed by atoms with Crippen molar-refractivity contribution >= 4 is 44.7 Å². The average molecular weight is 487 g/mol. The van der Waals surface area contributed by atoms with Crippen molar-refractivity contribution in [1.29, 1.82) is 0 Å². The molecular formula is C23H27BrN4O3. The number of hydrogen-bond acceptors (Lipinski definition) is 3. The number of amides is 4. The zero-order chi connectivity index (χ0) is 21.8. The van der Waals surface area contributed by atoms with Crippen LogP contribution in [0.4, 0.5) is 4.79 Å². The van der Waals surface area contributed by atoms with Gasteiger partial charge in [0.05, 0.1) is 5.52 Å². The van der Waals surface area contributed by atoms with Gasteiger partial charge in [0.15, 0.2) is 0 Å². The van der Waals surface area contributed by atoms with Crippen LogP contribution in [0.2, 0.25) is 0 Å². The van der Waals surface area contributed by atoms with Crippen molar-refractivity contribution in [3.8, 4) is 0 Å². The number of nitrogens with one attached hydrogen (secondary N) is 2. The molecule has 0 unspecified atom stereocenters. The second kappa shape index (κ2) is 7.65. The molecule has 2 aromatic rings. The van der Waals surface area contributed by atoms with E-state index in [9.17, 15) is 14.4 Å². The van der Waals surface area contributed by atoms with Gasteiger partial charge in [-0.1, -0.05) is 25.5 Å². The van der Waals surface area contributed by atoms with Crippen LogP contribution in [-0.4, -0.2) is 51.3 Å². The Morgan fingerprint density at radius 2 is 2.03 bits per heavy atom. The van der Waals surface area contributed by atoms with Gasteiger partial charge in [0.25, 0.3) is 5.91 Å². The van der Waals surface area contributed by atoms with E-state index in [1.54, 1.807) is 4.90 Å². The lowest BCUT2D eigenvalue weighted by Crippen LogP contribution is -2.50. The fraction of sp³-hybridized carbons (Fsp3) is 0.522. The number of aromatic amines is 1. The molecule has 2 N–H and O–H groups in total. The highest BCUT2D eigenvalue weighted by Crippen LogP contribution is 2.38. The summed E-state index contributed by atoms with van der Waals surface area (Å²) in [5.41, 5.74) is 2.50. The first-order chi connectivity index (χ1) is 14.9. The third-order valence-corrected chi connectivity index (χ3v) is 8.05. The van der Waals surface area contributed by atoms with Crippen LogP contribution in [0.15, 0.2) is 22.7 Å². The Hall–Kier alpha value is -2.35. The Morgan fingerprint density at radius 1 is 1.26 bits per heavy atom. The minimum atomic E-state index is -0.804. The molecule has 4 amide bonds. The van der Waals surface area contributed by atoms with Crippen LogP contribution in [-0.2, 0) is 22.6 Å². The molecule has 1 aliphatic carbocycles. The van der Waals surface area contributed by atoms with E-state index in [-0.39, 0.29) is 18.4 Å². The van der Waals surface area contributed by atoms with Gasteiger partial charge in [-0.2, -0.15) is 0 Å². The summed E-state index contributed by atoms with van der Waals surface area (Å²) < 4.78 is 1.000. The number of carbonyl (C=O) groups is 3. The third-order valence-electron chi connectivity index (χ3n) is 7.39. The minimum Gasteiger partial charge on any atom is -0.357 e. The molecule has 8 heteroatoms. The number of benzene rings is 1. The van der Waals surface area contributed by atoms with Crippen molar-refractivity contribution < 1.29 is 14.4 Å². The van der Waals surface area contributed by atoms with Crippen molar-refractivity contribution in [2.45, 2.75) is 57.5 Å². The third kappa shape index (κ3) is 3.35. The van der Waals surface area contributed by atoms with Crippen molar-refractivity contribution in [2.24, 2.45) is 5.92 Å². The summed E-state index contributed by atoms with van der Waals surface area (Å²) >= 11 is 3.58. The van der Waals surface area contributed by atoms with E-state index in [2.05, 4.69) is 39.2 Å². The van der Waals surface area contributed by atoms with Crippen molar-refractivity contribution in [3.05, 3.63) is 33.9 Å². The molecule has 3 heterocycles. The number of nitrogens with zero attached hydrogens (tertiary/aromatic N) is 2. The van der Waals surface area contributed by atoms with E-state index in [1.165, 1.54) is 0 Å². The molecule has 7 nitrogen and oxygen atoms in total. The molecule has 1 saturated carbocycles. The van der Waals surface area contributed by atoms with Gasteiger partial charge in [-0.25, -0.2) is 4.79 Å². The monoisotopic (exact) mass is 486 g/mol. The molecule has 0 radical (unpaired) electrons. The number of carbonyl (C=O) groups excluding carboxylic acids is 3. The average Bonchev–Trinajstić information content (AvgIpc) is 3.26. The van der Waals surface area contributed by atoms with Gasteiger partial charge < -0.3 is 15.2 Å². The molecule has 0 bridgehead atoms. The number of fused-ring (bicyclic) bond motifs is 3. The summed E-state index contributed by atoms with van der Waals surface area (Å²) in [4.78, 5) is 45.2. The Labute approximate surface area is 189 Å². The summed E-state index contributed by atoms with van der Waals surface area (Å²) in [6, 6.07) is 5.61. The maximum Gasteiger partial charge on any atom is 0.325 e. The van der Waals surface area contributed by atoms with Gasteiger partial charge >= 0.3 is 6.03 Å². The van der Waals surface area contributed by atoms with Gasteiger partial charge in [-0.05, 0) is 53.6 Å². The highest BCUT2D eigenvalue weighted by molar-refractivity contribution is 9.10. The normalized spacial score (nSPS) is 25.9. The van der Waals surface area contributed by atoms with Gasteiger partial charge in [0.2, 0.25) is 5.91 Å². The number of aromatic nitrogens is 1. The van der Waals surface area contributed by atoms with E-state index >= 15 is 0 Å². The fourth-order valence-electron chi connectivity index (χ4n) is 5.39. The molecule has 1 spiro atoms. The summed E-state index contributed by atoms with van der Waals surface area (Å²) in [5, 5.41) is 4.02. The largest absolute Gasteiger partial charge is 0.357 e. The van der Waals surface area contributed by atoms with Crippen LogP contribution in [0.25, 0.3) is 10.9 Å². The minimum absolute atomic E-state index is 0.183. The lowest BCUT2D eigenvalue weighted by atomic mass is 9.75. The maximum absolute atomic E-state index is 13.1. The topological polar surface area (TPSA) is 85.5 Å². The number of imide groups is 1. The Bertz CT molecular complexity index is 1070. The summed E-state index contributed by atoms with van der Waals surface area (Å²) in [5.74, 6) is 0.205. The van der Waals surface area contributed by atoms with Crippen molar-refractivity contribution in [1.82, 2.24) is 20.1 Å². The number of halogens is 1. The van der Waals surface area contributed by atoms with Gasteiger partial charge in [-0.15, -0.1) is 0 Å². The van der Waals surface area contributed by atoms with Crippen LogP contribution in [0.1, 0.15) is 50.3 Å². The van der Waals surface area contributed by atoms with Gasteiger partial charge in [0, 0.05) is 40.6 Å². The summed E-state index contributed by atoms with van der Waals surface area (Å²) in [6.45, 7) is 3.03. The second-order valence-electron chi connectivity index (χ2n) is 9.06. The molecular weight excluding hydrogens is 460 g/mol. The Morgan fingerprint density at radius 3 is 2.77 bits per heavy atom. The maximum atomic E-state index is 13.1. The molecule has 1 aromatic carbocycles. The first kappa shape index (κ1) is 20.5. The summed E-state index contributed by atoms with van der Waals surface area (Å²) in [7, 11) is 0. The predicted octanol–water partition coefficient (Wildman–Crippen LogP) is 3.71. The van der Waals surface area contributed by atoms with Crippen LogP contribution in [0, 0.1) is 5.92 Å². The Kier molecular flexibility index (Phi) is 5.07. The lowest BCUT2D eigenvalue weighted by Gasteiger charge is -2.34. The summed E-state index contributed by atoms with van der Waals surface area (Å²) in [6.07, 6.45) is 5.03. The first-order valence-electron chi connectivity index (χ1n) is 11.1. The molecule has 2 aliphatic heterocycles. The fourth-order valence-corrected chi connectivity index (χ4v) is 5.85. The molecule has 1 aromatic heterocycles. The number of H-pyrrole nitrogens is 1. The van der Waals surface area contributed by atoms with Crippen LogP contribution < -0.4 is 5.32 Å².